The molecule has 0 radical (unpaired) electrons. The van der Waals surface area contributed by atoms with Crippen LogP contribution < -0.4 is 4.74 Å². The molecule has 0 atom stereocenters. The van der Waals surface area contributed by atoms with Gasteiger partial charge in [0.25, 0.3) is 0 Å². The number of aromatic nitrogens is 2. The first-order chi connectivity index (χ1) is 13.7. The average Bonchev–Trinajstić information content (AvgIpc) is 2.73. The third kappa shape index (κ3) is 5.76. The molecule has 0 unspecified atom stereocenters. The van der Waals surface area contributed by atoms with Crippen LogP contribution in [0.1, 0.15) is 70.8 Å². The molecule has 0 amide bonds. The highest BCUT2D eigenvalue weighted by atomic mass is 19.1. The monoisotopic (exact) mass is 384 g/mol. The number of aryl methyl sites for hydroxylation is 1. The van der Waals surface area contributed by atoms with Gasteiger partial charge in [-0.1, -0.05) is 64.5 Å². The molecule has 28 heavy (non-hydrogen) atoms. The van der Waals surface area contributed by atoms with E-state index in [1.54, 1.807) is 12.1 Å². The lowest BCUT2D eigenvalue weighted by Crippen LogP contribution is -2.15. The van der Waals surface area contributed by atoms with Crippen LogP contribution in [0.5, 0.6) is 5.88 Å². The van der Waals surface area contributed by atoms with Gasteiger partial charge in [-0.05, 0) is 48.8 Å². The Morgan fingerprint density at radius 2 is 1.68 bits per heavy atom. The highest BCUT2D eigenvalue weighted by molar-refractivity contribution is 5.59. The van der Waals surface area contributed by atoms with Gasteiger partial charge in [0.05, 0.1) is 12.3 Å². The number of hydrogen-bond donors (Lipinski definition) is 0. The zero-order chi connectivity index (χ0) is 19.8. The van der Waals surface area contributed by atoms with E-state index in [1.807, 2.05) is 25.1 Å². The lowest BCUT2D eigenvalue weighted by Gasteiger charge is -2.28. The van der Waals surface area contributed by atoms with Gasteiger partial charge in [0.1, 0.15) is 5.82 Å². The first-order valence-electron chi connectivity index (χ1n) is 10.9. The van der Waals surface area contributed by atoms with E-state index >= 15 is 0 Å². The van der Waals surface area contributed by atoms with Gasteiger partial charge in [0.15, 0.2) is 0 Å². The van der Waals surface area contributed by atoms with Crippen LogP contribution in [0.4, 0.5) is 4.39 Å². The molecular formula is C24H33FN2O. The van der Waals surface area contributed by atoms with Crippen molar-refractivity contribution in [2.24, 2.45) is 11.8 Å². The Morgan fingerprint density at radius 1 is 0.929 bits per heavy atom. The van der Waals surface area contributed by atoms with Crippen LogP contribution in [0.25, 0.3) is 11.3 Å². The van der Waals surface area contributed by atoms with Gasteiger partial charge in [-0.25, -0.2) is 4.39 Å². The van der Waals surface area contributed by atoms with Crippen molar-refractivity contribution >= 4 is 0 Å². The van der Waals surface area contributed by atoms with Gasteiger partial charge < -0.3 is 4.74 Å². The van der Waals surface area contributed by atoms with Crippen LogP contribution in [0, 0.1) is 17.7 Å². The Hall–Kier alpha value is -1.97. The topological polar surface area (TPSA) is 35.0 Å². The molecule has 0 N–H and O–H groups in total. The number of halogens is 1. The molecule has 2 aromatic rings. The minimum atomic E-state index is -0.134. The summed E-state index contributed by atoms with van der Waals surface area (Å²) in [6.45, 7) is 4.94. The first kappa shape index (κ1) is 20.8. The summed E-state index contributed by atoms with van der Waals surface area (Å²) in [7, 11) is 0. The normalized spacial score (nSPS) is 19.5. The van der Waals surface area contributed by atoms with Crippen molar-refractivity contribution in [1.29, 1.82) is 0 Å². The van der Waals surface area contributed by atoms with E-state index in [9.17, 15) is 4.39 Å². The van der Waals surface area contributed by atoms with Crippen molar-refractivity contribution in [3.63, 3.8) is 0 Å². The van der Waals surface area contributed by atoms with E-state index in [0.717, 1.165) is 42.2 Å². The van der Waals surface area contributed by atoms with E-state index in [-0.39, 0.29) is 5.82 Å². The van der Waals surface area contributed by atoms with Crippen molar-refractivity contribution in [3.05, 3.63) is 41.7 Å². The predicted molar refractivity (Wildman–Crippen MR) is 112 cm³/mol. The number of nitrogens with zero attached hydrogens (tertiary/aromatic N) is 2. The van der Waals surface area contributed by atoms with E-state index in [1.165, 1.54) is 38.5 Å². The second kappa shape index (κ2) is 10.5. The summed E-state index contributed by atoms with van der Waals surface area (Å²) in [5.74, 6) is 2.06. The molecule has 0 saturated heterocycles. The van der Waals surface area contributed by atoms with Gasteiger partial charge >= 0.3 is 0 Å². The van der Waals surface area contributed by atoms with Crippen molar-refractivity contribution in [2.75, 3.05) is 6.61 Å². The molecule has 1 aromatic heterocycles. The van der Waals surface area contributed by atoms with Crippen LogP contribution in [0.15, 0.2) is 30.3 Å². The molecule has 152 valence electrons. The molecule has 1 aromatic carbocycles. The zero-order valence-corrected chi connectivity index (χ0v) is 17.3. The van der Waals surface area contributed by atoms with Crippen LogP contribution in [-0.4, -0.2) is 16.8 Å². The zero-order valence-electron chi connectivity index (χ0n) is 17.3. The van der Waals surface area contributed by atoms with Gasteiger partial charge in [0.2, 0.25) is 5.88 Å². The van der Waals surface area contributed by atoms with Crippen LogP contribution in [0.2, 0.25) is 0 Å². The SMILES string of the molecule is CCCOc1ccc(-c2ccc(CCC3CCC(CCC)CC3)c(F)c2)nn1. The predicted octanol–water partition coefficient (Wildman–Crippen LogP) is 6.61. The van der Waals surface area contributed by atoms with Crippen molar-refractivity contribution < 1.29 is 9.13 Å². The fourth-order valence-electron chi connectivity index (χ4n) is 4.24. The smallest absolute Gasteiger partial charge is 0.233 e. The Labute approximate surface area is 168 Å². The fourth-order valence-corrected chi connectivity index (χ4v) is 4.24. The molecule has 1 aliphatic carbocycles. The highest BCUT2D eigenvalue weighted by Crippen LogP contribution is 2.34. The molecule has 1 heterocycles. The maximum absolute atomic E-state index is 14.6. The largest absolute Gasteiger partial charge is 0.477 e. The maximum Gasteiger partial charge on any atom is 0.233 e. The van der Waals surface area contributed by atoms with Gasteiger partial charge in [-0.15, -0.1) is 10.2 Å². The highest BCUT2D eigenvalue weighted by Gasteiger charge is 2.20. The number of rotatable bonds is 9. The summed E-state index contributed by atoms with van der Waals surface area (Å²) in [4.78, 5) is 0. The average molecular weight is 385 g/mol. The third-order valence-electron chi connectivity index (χ3n) is 5.93. The third-order valence-corrected chi connectivity index (χ3v) is 5.93. The van der Waals surface area contributed by atoms with E-state index in [0.29, 0.717) is 18.2 Å². The van der Waals surface area contributed by atoms with Crippen LogP contribution >= 0.6 is 0 Å². The Morgan fingerprint density at radius 3 is 2.29 bits per heavy atom. The lowest BCUT2D eigenvalue weighted by molar-refractivity contribution is 0.252. The molecule has 4 heteroatoms. The summed E-state index contributed by atoms with van der Waals surface area (Å²) >= 11 is 0. The van der Waals surface area contributed by atoms with Crippen molar-refractivity contribution in [1.82, 2.24) is 10.2 Å². The summed E-state index contributed by atoms with van der Waals surface area (Å²) in [6, 6.07) is 9.08. The second-order valence-corrected chi connectivity index (χ2v) is 8.13. The lowest BCUT2D eigenvalue weighted by atomic mass is 9.78. The fraction of sp³-hybridized carbons (Fsp3) is 0.583. The molecule has 3 rings (SSSR count). The number of benzene rings is 1. The number of ether oxygens (including phenoxy) is 1. The van der Waals surface area contributed by atoms with Crippen LogP contribution in [-0.2, 0) is 6.42 Å². The standard InChI is InChI=1S/C24H33FN2O/c1-3-5-18-6-8-19(9-7-18)10-11-20-12-13-21(17-22(20)25)23-14-15-24(27-26-23)28-16-4-2/h12-15,17-19H,3-11,16H2,1-2H3. The molecular weight excluding hydrogens is 351 g/mol. The van der Waals surface area contributed by atoms with Crippen LogP contribution in [0.3, 0.4) is 0 Å². The second-order valence-electron chi connectivity index (χ2n) is 8.13. The molecule has 0 bridgehead atoms. The van der Waals surface area contributed by atoms with Gasteiger partial charge in [0, 0.05) is 11.6 Å². The summed E-state index contributed by atoms with van der Waals surface area (Å²) in [5, 5.41) is 8.24. The van der Waals surface area contributed by atoms with Crippen molar-refractivity contribution in [3.8, 4) is 17.1 Å². The summed E-state index contributed by atoms with van der Waals surface area (Å²) in [5.41, 5.74) is 2.25. The Balaban J connectivity index is 1.54. The number of hydrogen-bond acceptors (Lipinski definition) is 3. The van der Waals surface area contributed by atoms with E-state index < -0.39 is 0 Å². The molecule has 1 fully saturated rings. The molecule has 0 spiro atoms. The van der Waals surface area contributed by atoms with Gasteiger partial charge in [-0.2, -0.15) is 0 Å². The quantitative estimate of drug-likeness (QED) is 0.488. The minimum Gasteiger partial charge on any atom is -0.477 e. The molecule has 0 aliphatic heterocycles. The summed E-state index contributed by atoms with van der Waals surface area (Å²) in [6.07, 6.45) is 10.9. The maximum atomic E-state index is 14.6. The minimum absolute atomic E-state index is 0.134. The molecule has 1 aliphatic rings. The van der Waals surface area contributed by atoms with Crippen molar-refractivity contribution in [2.45, 2.75) is 71.6 Å². The van der Waals surface area contributed by atoms with Gasteiger partial charge in [-0.3, -0.25) is 0 Å². The van der Waals surface area contributed by atoms with E-state index in [2.05, 4.69) is 17.1 Å². The first-order valence-corrected chi connectivity index (χ1v) is 10.9. The molecule has 3 nitrogen and oxygen atoms in total. The van der Waals surface area contributed by atoms with E-state index in [4.69, 9.17) is 4.74 Å². The summed E-state index contributed by atoms with van der Waals surface area (Å²) < 4.78 is 20.1. The molecule has 1 saturated carbocycles. The Bertz CT molecular complexity index is 724. The Kier molecular flexibility index (Phi) is 7.81.